The second-order valence-electron chi connectivity index (χ2n) is 3.72. The predicted octanol–water partition coefficient (Wildman–Crippen LogP) is 2.00. The molecule has 0 radical (unpaired) electrons. The molecule has 2 rings (SSSR count). The van der Waals surface area contributed by atoms with Gasteiger partial charge in [-0.15, -0.1) is 6.58 Å². The van der Waals surface area contributed by atoms with Crippen molar-refractivity contribution in [1.82, 2.24) is 10.2 Å². The van der Waals surface area contributed by atoms with Crippen molar-refractivity contribution >= 4 is 15.7 Å². The fourth-order valence-corrected chi connectivity index (χ4v) is 2.42. The average Bonchev–Trinajstić information content (AvgIpc) is 2.81. The Morgan fingerprint density at radius 3 is 2.89 bits per heavy atom. The number of aromatic amines is 1. The van der Waals surface area contributed by atoms with Crippen LogP contribution in [0.1, 0.15) is 0 Å². The topological polar surface area (TPSA) is 74.8 Å². The van der Waals surface area contributed by atoms with Gasteiger partial charge in [-0.1, -0.05) is 18.2 Å². The maximum atomic E-state index is 11.6. The Balaban J connectivity index is 2.26. The predicted molar refractivity (Wildman–Crippen MR) is 71.6 cm³/mol. The Hall–Kier alpha value is -2.08. The number of nitrogens with zero attached hydrogens (tertiary/aromatic N) is 1. The quantitative estimate of drug-likeness (QED) is 0.810. The number of sulfonamides is 1. The maximum absolute atomic E-state index is 11.6. The van der Waals surface area contributed by atoms with Gasteiger partial charge in [0, 0.05) is 17.4 Å². The Morgan fingerprint density at radius 1 is 1.39 bits per heavy atom. The van der Waals surface area contributed by atoms with Crippen LogP contribution in [0.25, 0.3) is 11.3 Å². The molecular formula is C12H13N3O2S. The Bertz CT molecular complexity index is 633. The summed E-state index contributed by atoms with van der Waals surface area (Å²) in [5, 5.41) is 6.68. The molecule has 0 atom stereocenters. The van der Waals surface area contributed by atoms with Gasteiger partial charge in [0.25, 0.3) is 0 Å². The standard InChI is InChI=1S/C12H13N3O2S/c1-2-8-18(16,17)15-11-5-3-4-10(9-11)12-6-7-13-14-12/h2-7,9,15H,1,8H2,(H,13,14). The molecule has 0 bridgehead atoms. The van der Waals surface area contributed by atoms with E-state index in [1.807, 2.05) is 12.1 Å². The minimum atomic E-state index is -3.36. The molecule has 6 heteroatoms. The highest BCUT2D eigenvalue weighted by Crippen LogP contribution is 2.20. The van der Waals surface area contributed by atoms with Crippen LogP contribution < -0.4 is 4.72 Å². The van der Waals surface area contributed by atoms with Gasteiger partial charge in [0.05, 0.1) is 11.4 Å². The molecule has 0 spiro atoms. The highest BCUT2D eigenvalue weighted by molar-refractivity contribution is 7.92. The van der Waals surface area contributed by atoms with Crippen molar-refractivity contribution < 1.29 is 8.42 Å². The first-order valence-corrected chi connectivity index (χ1v) is 6.97. The van der Waals surface area contributed by atoms with Crippen LogP contribution in [-0.2, 0) is 10.0 Å². The van der Waals surface area contributed by atoms with Crippen molar-refractivity contribution in [2.75, 3.05) is 10.5 Å². The first-order valence-electron chi connectivity index (χ1n) is 5.32. The Kier molecular flexibility index (Phi) is 3.47. The molecule has 2 N–H and O–H groups in total. The summed E-state index contributed by atoms with van der Waals surface area (Å²) in [4.78, 5) is 0. The average molecular weight is 263 g/mol. The maximum Gasteiger partial charge on any atom is 0.236 e. The first kappa shape index (κ1) is 12.4. The third kappa shape index (κ3) is 2.98. The van der Waals surface area contributed by atoms with E-state index in [0.717, 1.165) is 11.3 Å². The molecule has 0 unspecified atom stereocenters. The number of hydrogen-bond donors (Lipinski definition) is 2. The molecule has 0 aliphatic heterocycles. The molecule has 1 aromatic heterocycles. The van der Waals surface area contributed by atoms with Crippen molar-refractivity contribution in [2.45, 2.75) is 0 Å². The highest BCUT2D eigenvalue weighted by Gasteiger charge is 2.08. The van der Waals surface area contributed by atoms with E-state index in [1.54, 1.807) is 24.4 Å². The van der Waals surface area contributed by atoms with Gasteiger partial charge in [-0.05, 0) is 18.2 Å². The number of H-pyrrole nitrogens is 1. The molecule has 0 aliphatic carbocycles. The molecule has 0 fully saturated rings. The van der Waals surface area contributed by atoms with E-state index in [-0.39, 0.29) is 5.75 Å². The second-order valence-corrected chi connectivity index (χ2v) is 5.49. The van der Waals surface area contributed by atoms with Gasteiger partial charge >= 0.3 is 0 Å². The van der Waals surface area contributed by atoms with Crippen LogP contribution in [0.15, 0.2) is 49.2 Å². The molecule has 5 nitrogen and oxygen atoms in total. The van der Waals surface area contributed by atoms with Crippen molar-refractivity contribution in [3.8, 4) is 11.3 Å². The fraction of sp³-hybridized carbons (Fsp3) is 0.0833. The van der Waals surface area contributed by atoms with Crippen molar-refractivity contribution in [3.63, 3.8) is 0 Å². The minimum Gasteiger partial charge on any atom is -0.283 e. The van der Waals surface area contributed by atoms with Crippen LogP contribution in [0.3, 0.4) is 0 Å². The summed E-state index contributed by atoms with van der Waals surface area (Å²) in [5.41, 5.74) is 2.22. The summed E-state index contributed by atoms with van der Waals surface area (Å²) in [6, 6.07) is 8.91. The monoisotopic (exact) mass is 263 g/mol. The normalized spacial score (nSPS) is 11.1. The first-order chi connectivity index (χ1) is 8.61. The van der Waals surface area contributed by atoms with Crippen molar-refractivity contribution in [2.24, 2.45) is 0 Å². The van der Waals surface area contributed by atoms with Crippen molar-refractivity contribution in [3.05, 3.63) is 49.2 Å². The van der Waals surface area contributed by atoms with E-state index >= 15 is 0 Å². The zero-order valence-corrected chi connectivity index (χ0v) is 10.4. The number of rotatable bonds is 5. The zero-order chi connectivity index (χ0) is 13.0. The Morgan fingerprint density at radius 2 is 2.22 bits per heavy atom. The van der Waals surface area contributed by atoms with E-state index in [9.17, 15) is 8.42 Å². The van der Waals surface area contributed by atoms with Crippen LogP contribution >= 0.6 is 0 Å². The number of hydrogen-bond acceptors (Lipinski definition) is 3. The van der Waals surface area contributed by atoms with Crippen LogP contribution in [0.2, 0.25) is 0 Å². The fourth-order valence-electron chi connectivity index (χ4n) is 1.54. The third-order valence-corrected chi connectivity index (χ3v) is 3.51. The summed E-state index contributed by atoms with van der Waals surface area (Å²) >= 11 is 0. The van der Waals surface area contributed by atoms with Gasteiger partial charge in [0.2, 0.25) is 10.0 Å². The van der Waals surface area contributed by atoms with Crippen molar-refractivity contribution in [1.29, 1.82) is 0 Å². The molecular weight excluding hydrogens is 250 g/mol. The molecule has 0 saturated heterocycles. The molecule has 0 amide bonds. The summed E-state index contributed by atoms with van der Waals surface area (Å²) in [6.45, 7) is 3.41. The van der Waals surface area contributed by atoms with Gasteiger partial charge < -0.3 is 0 Å². The lowest BCUT2D eigenvalue weighted by atomic mass is 10.1. The van der Waals surface area contributed by atoms with Crippen LogP contribution in [-0.4, -0.2) is 24.4 Å². The summed E-state index contributed by atoms with van der Waals surface area (Å²) in [7, 11) is -3.36. The molecule has 1 heterocycles. The van der Waals surface area contributed by atoms with Crippen LogP contribution in [0.4, 0.5) is 5.69 Å². The lowest BCUT2D eigenvalue weighted by Gasteiger charge is -2.07. The van der Waals surface area contributed by atoms with Gasteiger partial charge in [0.15, 0.2) is 0 Å². The number of nitrogens with one attached hydrogen (secondary N) is 2. The van der Waals surface area contributed by atoms with E-state index < -0.39 is 10.0 Å². The molecule has 18 heavy (non-hydrogen) atoms. The molecule has 1 aromatic carbocycles. The second kappa shape index (κ2) is 5.05. The van der Waals surface area contributed by atoms with Gasteiger partial charge in [-0.3, -0.25) is 9.82 Å². The minimum absolute atomic E-state index is 0.110. The third-order valence-electron chi connectivity index (χ3n) is 2.28. The molecule has 2 aromatic rings. The van der Waals surface area contributed by atoms with Crippen LogP contribution in [0, 0.1) is 0 Å². The van der Waals surface area contributed by atoms with Crippen LogP contribution in [0.5, 0.6) is 0 Å². The van der Waals surface area contributed by atoms with E-state index in [1.165, 1.54) is 6.08 Å². The van der Waals surface area contributed by atoms with E-state index in [0.29, 0.717) is 5.69 Å². The molecule has 94 valence electrons. The molecule has 0 saturated carbocycles. The number of anilines is 1. The summed E-state index contributed by atoms with van der Waals surface area (Å²) in [5.74, 6) is -0.110. The number of aromatic nitrogens is 2. The SMILES string of the molecule is C=CCS(=O)(=O)Nc1cccc(-c2ccn[nH]2)c1. The van der Waals surface area contributed by atoms with Gasteiger partial charge in [0.1, 0.15) is 0 Å². The zero-order valence-electron chi connectivity index (χ0n) is 9.63. The largest absolute Gasteiger partial charge is 0.283 e. The van der Waals surface area contributed by atoms with Gasteiger partial charge in [-0.25, -0.2) is 8.42 Å². The Labute approximate surface area is 106 Å². The molecule has 0 aliphatic rings. The lowest BCUT2D eigenvalue weighted by molar-refractivity contribution is 0.604. The lowest BCUT2D eigenvalue weighted by Crippen LogP contribution is -2.15. The summed E-state index contributed by atoms with van der Waals surface area (Å²) < 4.78 is 25.7. The summed E-state index contributed by atoms with van der Waals surface area (Å²) in [6.07, 6.45) is 2.99. The smallest absolute Gasteiger partial charge is 0.236 e. The van der Waals surface area contributed by atoms with E-state index in [2.05, 4.69) is 21.5 Å². The number of benzene rings is 1. The van der Waals surface area contributed by atoms with Gasteiger partial charge in [-0.2, -0.15) is 5.10 Å². The van der Waals surface area contributed by atoms with E-state index in [4.69, 9.17) is 0 Å². The highest BCUT2D eigenvalue weighted by atomic mass is 32.2.